The molecule has 0 aliphatic heterocycles. The van der Waals surface area contributed by atoms with Crippen LogP contribution >= 0.6 is 0 Å². The fourth-order valence-electron chi connectivity index (χ4n) is 1.35. The normalized spacial score (nSPS) is 9.94. The largest absolute Gasteiger partial charge is 0.376 e. The number of amides is 1. The Morgan fingerprint density at radius 2 is 2.31 bits per heavy atom. The smallest absolute Gasteiger partial charge is 0.224 e. The van der Waals surface area contributed by atoms with Crippen molar-refractivity contribution in [2.45, 2.75) is 12.8 Å². The highest BCUT2D eigenvalue weighted by Gasteiger charge is 2.07. The average molecular weight is 222 g/mol. The first-order chi connectivity index (χ1) is 7.65. The van der Waals surface area contributed by atoms with Crippen molar-refractivity contribution < 1.29 is 4.79 Å². The lowest BCUT2D eigenvalue weighted by Crippen LogP contribution is -2.17. The van der Waals surface area contributed by atoms with Crippen LogP contribution in [0.1, 0.15) is 12.8 Å². The summed E-state index contributed by atoms with van der Waals surface area (Å²) in [6, 6.07) is 1.86. The molecule has 0 radical (unpaired) electrons. The quantitative estimate of drug-likeness (QED) is 0.774. The molecule has 1 aromatic heterocycles. The predicted octanol–water partition coefficient (Wildman–Crippen LogP) is 0.825. The van der Waals surface area contributed by atoms with Crippen molar-refractivity contribution in [3.63, 3.8) is 0 Å². The summed E-state index contributed by atoms with van der Waals surface area (Å²) in [5.41, 5.74) is 7.02. The zero-order valence-electron chi connectivity index (χ0n) is 9.73. The van der Waals surface area contributed by atoms with Crippen LogP contribution in [0.5, 0.6) is 0 Å². The van der Waals surface area contributed by atoms with Crippen molar-refractivity contribution in [3.8, 4) is 0 Å². The summed E-state index contributed by atoms with van der Waals surface area (Å²) >= 11 is 0. The molecule has 0 bridgehead atoms. The lowest BCUT2D eigenvalue weighted by atomic mass is 10.2. The number of nitrogens with two attached hydrogens (primary N) is 1. The van der Waals surface area contributed by atoms with Crippen LogP contribution in [0, 0.1) is 0 Å². The third-order valence-electron chi connectivity index (χ3n) is 2.16. The Hall–Kier alpha value is -1.62. The molecule has 0 saturated carbocycles. The fraction of sp³-hybridized carbons (Fsp3) is 0.455. The zero-order valence-corrected chi connectivity index (χ0v) is 9.73. The molecule has 0 aromatic carbocycles. The van der Waals surface area contributed by atoms with Crippen LogP contribution < -0.4 is 16.0 Å². The van der Waals surface area contributed by atoms with Gasteiger partial charge in [0.15, 0.2) is 0 Å². The Morgan fingerprint density at radius 3 is 2.94 bits per heavy atom. The van der Waals surface area contributed by atoms with E-state index in [1.807, 2.05) is 25.1 Å². The predicted molar refractivity (Wildman–Crippen MR) is 65.5 cm³/mol. The molecular formula is C11H18N4O. The van der Waals surface area contributed by atoms with Crippen molar-refractivity contribution in [3.05, 3.63) is 18.5 Å². The molecule has 1 heterocycles. The minimum atomic E-state index is -0.0263. The number of pyridine rings is 1. The second kappa shape index (κ2) is 6.07. The van der Waals surface area contributed by atoms with Gasteiger partial charge in [0, 0.05) is 26.7 Å². The second-order valence-electron chi connectivity index (χ2n) is 3.73. The number of rotatable bonds is 5. The van der Waals surface area contributed by atoms with Gasteiger partial charge in [0.05, 0.1) is 17.6 Å². The van der Waals surface area contributed by atoms with Crippen molar-refractivity contribution in [1.29, 1.82) is 0 Å². The Bertz CT molecular complexity index is 352. The molecule has 16 heavy (non-hydrogen) atoms. The molecule has 0 fully saturated rings. The second-order valence-corrected chi connectivity index (χ2v) is 3.73. The monoisotopic (exact) mass is 222 g/mol. The summed E-state index contributed by atoms with van der Waals surface area (Å²) in [5.74, 6) is -0.0263. The Kier molecular flexibility index (Phi) is 4.72. The third kappa shape index (κ3) is 3.51. The number of carbonyl (C=O) groups is 1. The molecule has 1 rings (SSSR count). The summed E-state index contributed by atoms with van der Waals surface area (Å²) in [5, 5.41) is 2.83. The molecule has 3 N–H and O–H groups in total. The Balaban J connectivity index is 2.69. The summed E-state index contributed by atoms with van der Waals surface area (Å²) in [6.45, 7) is 0.529. The highest BCUT2D eigenvalue weighted by molar-refractivity contribution is 5.93. The van der Waals surface area contributed by atoms with Crippen molar-refractivity contribution >= 4 is 17.3 Å². The maximum Gasteiger partial charge on any atom is 0.224 e. The number of nitrogens with zero attached hydrogens (tertiary/aromatic N) is 2. The Labute approximate surface area is 95.7 Å². The Morgan fingerprint density at radius 1 is 1.56 bits per heavy atom. The number of aromatic nitrogens is 1. The molecule has 5 heteroatoms. The lowest BCUT2D eigenvalue weighted by molar-refractivity contribution is -0.116. The van der Waals surface area contributed by atoms with E-state index in [0.29, 0.717) is 19.4 Å². The molecule has 0 unspecified atom stereocenters. The maximum atomic E-state index is 11.5. The van der Waals surface area contributed by atoms with Gasteiger partial charge < -0.3 is 16.0 Å². The van der Waals surface area contributed by atoms with E-state index in [4.69, 9.17) is 5.73 Å². The number of nitrogens with one attached hydrogen (secondary N) is 1. The molecule has 1 aromatic rings. The van der Waals surface area contributed by atoms with E-state index < -0.39 is 0 Å². The van der Waals surface area contributed by atoms with Crippen LogP contribution in [0.3, 0.4) is 0 Å². The molecule has 0 atom stereocenters. The minimum absolute atomic E-state index is 0.0263. The summed E-state index contributed by atoms with van der Waals surface area (Å²) < 4.78 is 0. The van der Waals surface area contributed by atoms with Crippen molar-refractivity contribution in [1.82, 2.24) is 4.98 Å². The van der Waals surface area contributed by atoms with Crippen LogP contribution in [-0.4, -0.2) is 31.5 Å². The third-order valence-corrected chi connectivity index (χ3v) is 2.16. The van der Waals surface area contributed by atoms with Crippen molar-refractivity contribution in [2.24, 2.45) is 5.73 Å². The van der Waals surface area contributed by atoms with E-state index >= 15 is 0 Å². The topological polar surface area (TPSA) is 71.2 Å². The summed E-state index contributed by atoms with van der Waals surface area (Å²) in [4.78, 5) is 17.5. The van der Waals surface area contributed by atoms with E-state index in [1.165, 1.54) is 0 Å². The summed E-state index contributed by atoms with van der Waals surface area (Å²) in [6.07, 6.45) is 4.49. The molecular weight excluding hydrogens is 204 g/mol. The van der Waals surface area contributed by atoms with Gasteiger partial charge >= 0.3 is 0 Å². The molecule has 0 aliphatic carbocycles. The van der Waals surface area contributed by atoms with Gasteiger partial charge in [-0.05, 0) is 19.0 Å². The summed E-state index contributed by atoms with van der Waals surface area (Å²) in [7, 11) is 3.84. The molecule has 0 saturated heterocycles. The lowest BCUT2D eigenvalue weighted by Gasteiger charge is -2.17. The van der Waals surface area contributed by atoms with Gasteiger partial charge in [-0.2, -0.15) is 0 Å². The van der Waals surface area contributed by atoms with E-state index in [-0.39, 0.29) is 5.91 Å². The van der Waals surface area contributed by atoms with Crippen LogP contribution in [0.4, 0.5) is 11.4 Å². The molecule has 5 nitrogen and oxygen atoms in total. The fourth-order valence-corrected chi connectivity index (χ4v) is 1.35. The molecule has 0 spiro atoms. The number of anilines is 2. The van der Waals surface area contributed by atoms with E-state index in [1.54, 1.807) is 12.4 Å². The van der Waals surface area contributed by atoms with Crippen LogP contribution in [-0.2, 0) is 4.79 Å². The standard InChI is InChI=1S/C11H18N4O/c1-15(2)10-5-7-13-8-9(10)14-11(16)4-3-6-12/h5,7-8H,3-4,6,12H2,1-2H3,(H,14,16). The maximum absolute atomic E-state index is 11.5. The van der Waals surface area contributed by atoms with Crippen LogP contribution in [0.25, 0.3) is 0 Å². The first-order valence-corrected chi connectivity index (χ1v) is 5.26. The van der Waals surface area contributed by atoms with E-state index in [0.717, 1.165) is 11.4 Å². The highest BCUT2D eigenvalue weighted by Crippen LogP contribution is 2.22. The highest BCUT2D eigenvalue weighted by atomic mass is 16.1. The molecule has 1 amide bonds. The van der Waals surface area contributed by atoms with Crippen molar-refractivity contribution in [2.75, 3.05) is 30.9 Å². The van der Waals surface area contributed by atoms with Gasteiger partial charge in [0.1, 0.15) is 0 Å². The molecule has 0 aliphatic rings. The zero-order chi connectivity index (χ0) is 12.0. The van der Waals surface area contributed by atoms with Gasteiger partial charge in [-0.1, -0.05) is 0 Å². The van der Waals surface area contributed by atoms with Gasteiger partial charge in [-0.25, -0.2) is 0 Å². The number of hydrogen-bond donors (Lipinski definition) is 2. The van der Waals surface area contributed by atoms with Crippen LogP contribution in [0.15, 0.2) is 18.5 Å². The number of carbonyl (C=O) groups excluding carboxylic acids is 1. The van der Waals surface area contributed by atoms with Gasteiger partial charge in [-0.3, -0.25) is 9.78 Å². The average Bonchev–Trinajstić information content (AvgIpc) is 2.27. The SMILES string of the molecule is CN(C)c1ccncc1NC(=O)CCCN. The first-order valence-electron chi connectivity index (χ1n) is 5.26. The first kappa shape index (κ1) is 12.4. The number of hydrogen-bond acceptors (Lipinski definition) is 4. The minimum Gasteiger partial charge on any atom is -0.376 e. The van der Waals surface area contributed by atoms with E-state index in [2.05, 4.69) is 10.3 Å². The van der Waals surface area contributed by atoms with Crippen LogP contribution in [0.2, 0.25) is 0 Å². The van der Waals surface area contributed by atoms with Gasteiger partial charge in [-0.15, -0.1) is 0 Å². The molecule has 88 valence electrons. The van der Waals surface area contributed by atoms with Gasteiger partial charge in [0.2, 0.25) is 5.91 Å². The van der Waals surface area contributed by atoms with Gasteiger partial charge in [0.25, 0.3) is 0 Å². The van der Waals surface area contributed by atoms with E-state index in [9.17, 15) is 4.79 Å².